The fraction of sp³-hybridized carbons (Fsp3) is 0.500. The van der Waals surface area contributed by atoms with Crippen molar-refractivity contribution in [2.45, 2.75) is 32.4 Å². The molecule has 0 saturated heterocycles. The van der Waals surface area contributed by atoms with Crippen LogP contribution in [-0.2, 0) is 11.3 Å². The molecule has 4 heteroatoms. The van der Waals surface area contributed by atoms with E-state index in [0.29, 0.717) is 6.04 Å². The third-order valence-electron chi connectivity index (χ3n) is 2.79. The minimum atomic E-state index is -0.0328. The van der Waals surface area contributed by atoms with Crippen molar-refractivity contribution in [3.63, 3.8) is 0 Å². The number of carbonyl (C=O) groups is 1. The second-order valence-electron chi connectivity index (χ2n) is 4.56. The van der Waals surface area contributed by atoms with Gasteiger partial charge in [-0.15, -0.1) is 0 Å². The normalized spacial score (nSPS) is 14.3. The molecule has 2 rings (SSSR count). The summed E-state index contributed by atoms with van der Waals surface area (Å²) in [5, 5.41) is 6.15. The molecule has 1 aliphatic rings. The molecule has 0 radical (unpaired) electrons. The van der Waals surface area contributed by atoms with Crippen LogP contribution in [-0.4, -0.2) is 25.1 Å². The van der Waals surface area contributed by atoms with Crippen LogP contribution in [0.15, 0.2) is 24.3 Å². The average Bonchev–Trinajstić information content (AvgIpc) is 3.18. The van der Waals surface area contributed by atoms with E-state index >= 15 is 0 Å². The van der Waals surface area contributed by atoms with Crippen molar-refractivity contribution in [3.8, 4) is 5.75 Å². The molecule has 0 aliphatic heterocycles. The Morgan fingerprint density at radius 2 is 2.28 bits per heavy atom. The Balaban J connectivity index is 1.78. The van der Waals surface area contributed by atoms with E-state index in [1.54, 1.807) is 0 Å². The molecule has 0 heterocycles. The van der Waals surface area contributed by atoms with Crippen LogP contribution in [0.5, 0.6) is 5.75 Å². The van der Waals surface area contributed by atoms with Crippen LogP contribution in [0.1, 0.15) is 25.3 Å². The topological polar surface area (TPSA) is 50.4 Å². The van der Waals surface area contributed by atoms with Crippen molar-refractivity contribution in [2.24, 2.45) is 0 Å². The average molecular weight is 248 g/mol. The monoisotopic (exact) mass is 248 g/mol. The largest absolute Gasteiger partial charge is 0.484 e. The molecule has 1 fully saturated rings. The van der Waals surface area contributed by atoms with Crippen LogP contribution in [0.4, 0.5) is 0 Å². The first-order valence-electron chi connectivity index (χ1n) is 6.49. The van der Waals surface area contributed by atoms with Gasteiger partial charge in [-0.25, -0.2) is 0 Å². The van der Waals surface area contributed by atoms with Gasteiger partial charge in [-0.2, -0.15) is 0 Å². The predicted molar refractivity (Wildman–Crippen MR) is 70.5 cm³/mol. The van der Waals surface area contributed by atoms with E-state index in [1.165, 1.54) is 0 Å². The highest BCUT2D eigenvalue weighted by molar-refractivity contribution is 5.78. The summed E-state index contributed by atoms with van der Waals surface area (Å²) in [6.07, 6.45) is 2.20. The first-order chi connectivity index (χ1) is 8.78. The van der Waals surface area contributed by atoms with Crippen LogP contribution in [0.25, 0.3) is 0 Å². The van der Waals surface area contributed by atoms with E-state index in [9.17, 15) is 4.79 Å². The maximum atomic E-state index is 11.5. The fourth-order valence-corrected chi connectivity index (χ4v) is 1.66. The summed E-state index contributed by atoms with van der Waals surface area (Å²) < 4.78 is 5.48. The van der Waals surface area contributed by atoms with Gasteiger partial charge < -0.3 is 15.4 Å². The van der Waals surface area contributed by atoms with Crippen LogP contribution < -0.4 is 15.4 Å². The number of amides is 1. The van der Waals surface area contributed by atoms with Gasteiger partial charge in [0.25, 0.3) is 5.91 Å². The number of benzene rings is 1. The molecule has 0 atom stereocenters. The molecular weight excluding hydrogens is 228 g/mol. The Kier molecular flexibility index (Phi) is 4.59. The van der Waals surface area contributed by atoms with Crippen molar-refractivity contribution < 1.29 is 9.53 Å². The zero-order valence-electron chi connectivity index (χ0n) is 10.7. The third kappa shape index (κ3) is 4.37. The van der Waals surface area contributed by atoms with Gasteiger partial charge >= 0.3 is 0 Å². The molecule has 2 N–H and O–H groups in total. The molecule has 0 unspecified atom stereocenters. The number of hydrogen-bond donors (Lipinski definition) is 2. The Labute approximate surface area is 108 Å². The van der Waals surface area contributed by atoms with Gasteiger partial charge in [0, 0.05) is 12.6 Å². The fourth-order valence-electron chi connectivity index (χ4n) is 1.66. The first-order valence-corrected chi connectivity index (χ1v) is 6.49. The highest BCUT2D eigenvalue weighted by atomic mass is 16.5. The molecule has 1 saturated carbocycles. The SMILES string of the molecule is CCNCc1cccc(OCC(=O)NC2CC2)c1. The summed E-state index contributed by atoms with van der Waals surface area (Å²) in [5.41, 5.74) is 1.16. The summed E-state index contributed by atoms with van der Waals surface area (Å²) in [7, 11) is 0. The molecule has 1 amide bonds. The molecular formula is C14H20N2O2. The van der Waals surface area contributed by atoms with E-state index in [1.807, 2.05) is 24.3 Å². The van der Waals surface area contributed by atoms with E-state index in [4.69, 9.17) is 4.74 Å². The second kappa shape index (κ2) is 6.40. The van der Waals surface area contributed by atoms with Crippen LogP contribution in [0.2, 0.25) is 0 Å². The van der Waals surface area contributed by atoms with E-state index in [0.717, 1.165) is 37.2 Å². The number of rotatable bonds is 7. The van der Waals surface area contributed by atoms with Crippen molar-refractivity contribution in [2.75, 3.05) is 13.2 Å². The maximum Gasteiger partial charge on any atom is 0.258 e. The van der Waals surface area contributed by atoms with Crippen LogP contribution >= 0.6 is 0 Å². The Bertz CT molecular complexity index is 403. The van der Waals surface area contributed by atoms with Gasteiger partial charge in [0.2, 0.25) is 0 Å². The Hall–Kier alpha value is -1.55. The van der Waals surface area contributed by atoms with Crippen molar-refractivity contribution in [1.29, 1.82) is 0 Å². The van der Waals surface area contributed by atoms with E-state index < -0.39 is 0 Å². The standard InChI is InChI=1S/C14H20N2O2/c1-2-15-9-11-4-3-5-13(8-11)18-10-14(17)16-12-6-7-12/h3-5,8,12,15H,2,6-7,9-10H2,1H3,(H,16,17). The lowest BCUT2D eigenvalue weighted by Crippen LogP contribution is -2.30. The van der Waals surface area contributed by atoms with Gasteiger partial charge in [0.1, 0.15) is 5.75 Å². The van der Waals surface area contributed by atoms with Crippen LogP contribution in [0.3, 0.4) is 0 Å². The summed E-state index contributed by atoms with van der Waals surface area (Å²) in [6, 6.07) is 8.22. The molecule has 0 spiro atoms. The zero-order chi connectivity index (χ0) is 12.8. The van der Waals surface area contributed by atoms with Crippen molar-refractivity contribution >= 4 is 5.91 Å². The predicted octanol–water partition coefficient (Wildman–Crippen LogP) is 1.45. The summed E-state index contributed by atoms with van der Waals surface area (Å²) >= 11 is 0. The molecule has 1 aromatic rings. The molecule has 1 aromatic carbocycles. The first kappa shape index (κ1) is 12.9. The lowest BCUT2D eigenvalue weighted by Gasteiger charge is -2.08. The van der Waals surface area contributed by atoms with Gasteiger partial charge in [0.15, 0.2) is 6.61 Å². The number of ether oxygens (including phenoxy) is 1. The highest BCUT2D eigenvalue weighted by Gasteiger charge is 2.23. The summed E-state index contributed by atoms with van der Waals surface area (Å²) in [4.78, 5) is 11.5. The molecule has 98 valence electrons. The maximum absolute atomic E-state index is 11.5. The number of hydrogen-bond acceptors (Lipinski definition) is 3. The quantitative estimate of drug-likeness (QED) is 0.768. The van der Waals surface area contributed by atoms with Gasteiger partial charge in [-0.1, -0.05) is 19.1 Å². The van der Waals surface area contributed by atoms with Gasteiger partial charge in [0.05, 0.1) is 0 Å². The second-order valence-corrected chi connectivity index (χ2v) is 4.56. The van der Waals surface area contributed by atoms with Gasteiger partial charge in [-0.3, -0.25) is 4.79 Å². The lowest BCUT2D eigenvalue weighted by atomic mass is 10.2. The molecule has 0 aromatic heterocycles. The van der Waals surface area contributed by atoms with Crippen molar-refractivity contribution in [3.05, 3.63) is 29.8 Å². The smallest absolute Gasteiger partial charge is 0.258 e. The van der Waals surface area contributed by atoms with Crippen molar-refractivity contribution in [1.82, 2.24) is 10.6 Å². The van der Waals surface area contributed by atoms with E-state index in [-0.39, 0.29) is 12.5 Å². The number of nitrogens with one attached hydrogen (secondary N) is 2. The van der Waals surface area contributed by atoms with Crippen LogP contribution in [0, 0.1) is 0 Å². The molecule has 18 heavy (non-hydrogen) atoms. The van der Waals surface area contributed by atoms with E-state index in [2.05, 4.69) is 17.6 Å². The minimum Gasteiger partial charge on any atom is -0.484 e. The Morgan fingerprint density at radius 1 is 1.44 bits per heavy atom. The lowest BCUT2D eigenvalue weighted by molar-refractivity contribution is -0.123. The van der Waals surface area contributed by atoms with Gasteiger partial charge in [-0.05, 0) is 37.1 Å². The number of carbonyl (C=O) groups excluding carboxylic acids is 1. The molecule has 1 aliphatic carbocycles. The molecule has 4 nitrogen and oxygen atoms in total. The summed E-state index contributed by atoms with van der Waals surface area (Å²) in [5.74, 6) is 0.714. The Morgan fingerprint density at radius 3 is 3.00 bits per heavy atom. The molecule has 0 bridgehead atoms. The minimum absolute atomic E-state index is 0.0328. The zero-order valence-corrected chi connectivity index (χ0v) is 10.7. The summed E-state index contributed by atoms with van der Waals surface area (Å²) in [6.45, 7) is 3.93. The third-order valence-corrected chi connectivity index (χ3v) is 2.79. The highest BCUT2D eigenvalue weighted by Crippen LogP contribution is 2.18.